The van der Waals surface area contributed by atoms with E-state index in [1.54, 1.807) is 12.3 Å². The number of amides is 1. The van der Waals surface area contributed by atoms with Crippen LogP contribution in [0.5, 0.6) is 0 Å². The molecular formula is C24H19Cl3N4O. The largest absolute Gasteiger partial charge is 0.297 e. The fraction of sp³-hybridized carbons (Fsp3) is 0.167. The molecule has 4 aromatic rings. The molecule has 0 spiro atoms. The second kappa shape index (κ2) is 8.75. The summed E-state index contributed by atoms with van der Waals surface area (Å²) in [5.74, 6) is -0.246. The van der Waals surface area contributed by atoms with Crippen LogP contribution in [0, 0.1) is 0 Å². The van der Waals surface area contributed by atoms with Crippen molar-refractivity contribution in [2.75, 3.05) is 0 Å². The van der Waals surface area contributed by atoms with E-state index < -0.39 is 0 Å². The van der Waals surface area contributed by atoms with Gasteiger partial charge in [0.25, 0.3) is 5.91 Å². The molecule has 2 aromatic carbocycles. The normalized spacial score (nSPS) is 13.8. The molecule has 5 rings (SSSR count). The van der Waals surface area contributed by atoms with E-state index in [1.807, 2.05) is 52.9 Å². The topological polar surface area (TPSA) is 58.4 Å². The zero-order chi connectivity index (χ0) is 22.2. The SMILES string of the molecule is O=C(NNC1CCC1)c1cc(Cl)c2nc(-c3ccc(Cl)cc3)c(-c3ccc(Cl)cc3)n2c1. The molecular weight excluding hydrogens is 467 g/mol. The summed E-state index contributed by atoms with van der Waals surface area (Å²) >= 11 is 18.8. The number of rotatable bonds is 5. The van der Waals surface area contributed by atoms with E-state index in [0.29, 0.717) is 32.3 Å². The first-order valence-corrected chi connectivity index (χ1v) is 11.4. The Balaban J connectivity index is 1.65. The Bertz CT molecular complexity index is 1300. The molecule has 8 heteroatoms. The van der Waals surface area contributed by atoms with Crippen LogP contribution in [-0.4, -0.2) is 21.3 Å². The van der Waals surface area contributed by atoms with Crippen LogP contribution in [-0.2, 0) is 0 Å². The monoisotopic (exact) mass is 484 g/mol. The van der Waals surface area contributed by atoms with Gasteiger partial charge in [0.05, 0.1) is 22.0 Å². The van der Waals surface area contributed by atoms with Gasteiger partial charge in [0, 0.05) is 33.4 Å². The average Bonchev–Trinajstić information content (AvgIpc) is 3.14. The lowest BCUT2D eigenvalue weighted by Crippen LogP contribution is -2.47. The summed E-state index contributed by atoms with van der Waals surface area (Å²) < 4.78 is 1.85. The van der Waals surface area contributed by atoms with Gasteiger partial charge in [0.15, 0.2) is 5.65 Å². The predicted molar refractivity (Wildman–Crippen MR) is 129 cm³/mol. The van der Waals surface area contributed by atoms with Crippen molar-refractivity contribution in [3.8, 4) is 22.5 Å². The summed E-state index contributed by atoms with van der Waals surface area (Å²) in [4.78, 5) is 17.6. The van der Waals surface area contributed by atoms with E-state index >= 15 is 0 Å². The molecule has 32 heavy (non-hydrogen) atoms. The third-order valence-electron chi connectivity index (χ3n) is 5.67. The highest BCUT2D eigenvalue weighted by Gasteiger charge is 2.21. The van der Waals surface area contributed by atoms with Crippen molar-refractivity contribution < 1.29 is 4.79 Å². The lowest BCUT2D eigenvalue weighted by atomic mass is 9.94. The number of aromatic nitrogens is 2. The molecule has 1 aliphatic carbocycles. The minimum Gasteiger partial charge on any atom is -0.297 e. The number of imidazole rings is 1. The van der Waals surface area contributed by atoms with Crippen LogP contribution in [0.15, 0.2) is 60.8 Å². The minimum absolute atomic E-state index is 0.246. The molecule has 2 heterocycles. The number of hydrogen-bond acceptors (Lipinski definition) is 3. The first-order valence-electron chi connectivity index (χ1n) is 10.3. The van der Waals surface area contributed by atoms with E-state index in [9.17, 15) is 4.79 Å². The number of benzene rings is 2. The number of fused-ring (bicyclic) bond motifs is 1. The van der Waals surface area contributed by atoms with Gasteiger partial charge in [-0.3, -0.25) is 14.6 Å². The minimum atomic E-state index is -0.246. The standard InChI is InChI=1S/C24H19Cl3N4O/c25-17-8-4-14(5-9-17)21-22(15-6-10-18(26)11-7-15)31-13-16(12-20(27)23(31)28-21)24(32)30-29-19-2-1-3-19/h4-13,19,29H,1-3H2,(H,30,32). The molecule has 1 aliphatic rings. The fourth-order valence-corrected chi connectivity index (χ4v) is 4.22. The van der Waals surface area contributed by atoms with Gasteiger partial charge in [-0.1, -0.05) is 65.5 Å². The molecule has 1 fully saturated rings. The molecule has 0 atom stereocenters. The summed E-state index contributed by atoms with van der Waals surface area (Å²) in [5, 5.41) is 1.66. The molecule has 0 aliphatic heterocycles. The average molecular weight is 486 g/mol. The highest BCUT2D eigenvalue weighted by molar-refractivity contribution is 6.34. The first-order chi connectivity index (χ1) is 15.5. The number of hydrazine groups is 1. The lowest BCUT2D eigenvalue weighted by Gasteiger charge is -2.26. The number of nitrogens with one attached hydrogen (secondary N) is 2. The molecule has 1 amide bonds. The van der Waals surface area contributed by atoms with Crippen LogP contribution in [0.1, 0.15) is 29.6 Å². The van der Waals surface area contributed by atoms with Crippen LogP contribution in [0.2, 0.25) is 15.1 Å². The van der Waals surface area contributed by atoms with Crippen LogP contribution >= 0.6 is 34.8 Å². The molecule has 5 nitrogen and oxygen atoms in total. The van der Waals surface area contributed by atoms with Gasteiger partial charge in [0.2, 0.25) is 0 Å². The lowest BCUT2D eigenvalue weighted by molar-refractivity contribution is 0.0913. The summed E-state index contributed by atoms with van der Waals surface area (Å²) in [6.07, 6.45) is 5.06. The van der Waals surface area contributed by atoms with Crippen molar-refractivity contribution in [2.24, 2.45) is 0 Å². The highest BCUT2D eigenvalue weighted by atomic mass is 35.5. The Morgan fingerprint density at radius 1 is 0.938 bits per heavy atom. The van der Waals surface area contributed by atoms with Gasteiger partial charge in [0.1, 0.15) is 0 Å². The van der Waals surface area contributed by atoms with Crippen LogP contribution < -0.4 is 10.9 Å². The van der Waals surface area contributed by atoms with Gasteiger partial charge in [-0.05, 0) is 43.2 Å². The summed E-state index contributed by atoms with van der Waals surface area (Å²) in [7, 11) is 0. The second-order valence-electron chi connectivity index (χ2n) is 7.82. The second-order valence-corrected chi connectivity index (χ2v) is 9.10. The van der Waals surface area contributed by atoms with Crippen LogP contribution in [0.3, 0.4) is 0 Å². The number of pyridine rings is 1. The van der Waals surface area contributed by atoms with Crippen molar-refractivity contribution in [3.05, 3.63) is 81.4 Å². The van der Waals surface area contributed by atoms with E-state index in [4.69, 9.17) is 39.8 Å². The molecule has 2 aromatic heterocycles. The van der Waals surface area contributed by atoms with Gasteiger partial charge in [-0.25, -0.2) is 10.4 Å². The summed E-state index contributed by atoms with van der Waals surface area (Å²) in [6.45, 7) is 0. The zero-order valence-corrected chi connectivity index (χ0v) is 19.2. The van der Waals surface area contributed by atoms with Crippen molar-refractivity contribution in [2.45, 2.75) is 25.3 Å². The molecule has 162 valence electrons. The van der Waals surface area contributed by atoms with E-state index in [-0.39, 0.29) is 5.91 Å². The third-order valence-corrected chi connectivity index (χ3v) is 6.45. The van der Waals surface area contributed by atoms with Gasteiger partial charge < -0.3 is 0 Å². The smallest absolute Gasteiger partial charge is 0.266 e. The Labute approximate surface area is 200 Å². The maximum absolute atomic E-state index is 12.8. The maximum atomic E-state index is 12.8. The maximum Gasteiger partial charge on any atom is 0.266 e. The summed E-state index contributed by atoms with van der Waals surface area (Å²) in [6, 6.07) is 16.9. The quantitative estimate of drug-likeness (QED) is 0.321. The Morgan fingerprint density at radius 2 is 1.56 bits per heavy atom. The first kappa shape index (κ1) is 21.3. The van der Waals surface area contributed by atoms with Crippen LogP contribution in [0.25, 0.3) is 28.2 Å². The predicted octanol–water partition coefficient (Wildman–Crippen LogP) is 6.42. The molecule has 0 radical (unpaired) electrons. The number of nitrogens with zero attached hydrogens (tertiary/aromatic N) is 2. The number of halogens is 3. The van der Waals surface area contributed by atoms with E-state index in [1.165, 1.54) is 6.42 Å². The highest BCUT2D eigenvalue weighted by Crippen LogP contribution is 2.36. The molecule has 2 N–H and O–H groups in total. The van der Waals surface area contributed by atoms with Crippen molar-refractivity contribution in [1.29, 1.82) is 0 Å². The molecule has 0 unspecified atom stereocenters. The van der Waals surface area contributed by atoms with Crippen molar-refractivity contribution in [1.82, 2.24) is 20.2 Å². The Morgan fingerprint density at radius 3 is 2.16 bits per heavy atom. The van der Waals surface area contributed by atoms with Gasteiger partial charge in [-0.2, -0.15) is 0 Å². The van der Waals surface area contributed by atoms with Gasteiger partial charge >= 0.3 is 0 Å². The molecule has 0 saturated heterocycles. The number of carbonyl (C=O) groups is 1. The fourth-order valence-electron chi connectivity index (χ4n) is 3.71. The molecule has 0 bridgehead atoms. The number of hydrogen-bond donors (Lipinski definition) is 2. The van der Waals surface area contributed by atoms with Crippen molar-refractivity contribution >= 4 is 46.4 Å². The Kier molecular flexibility index (Phi) is 5.82. The Hall–Kier alpha value is -2.57. The van der Waals surface area contributed by atoms with Crippen molar-refractivity contribution in [3.63, 3.8) is 0 Å². The van der Waals surface area contributed by atoms with E-state index in [2.05, 4.69) is 10.9 Å². The van der Waals surface area contributed by atoms with Gasteiger partial charge in [-0.15, -0.1) is 0 Å². The molecule has 1 saturated carbocycles. The number of carbonyl (C=O) groups excluding carboxylic acids is 1. The van der Waals surface area contributed by atoms with Crippen LogP contribution in [0.4, 0.5) is 0 Å². The summed E-state index contributed by atoms with van der Waals surface area (Å²) in [5.41, 5.74) is 10.2. The van der Waals surface area contributed by atoms with E-state index in [0.717, 1.165) is 35.4 Å². The third kappa shape index (κ3) is 4.09. The zero-order valence-electron chi connectivity index (χ0n) is 16.9.